The number of nitrogens with zero attached hydrogens (tertiary/aromatic N) is 3. The second-order valence-electron chi connectivity index (χ2n) is 8.66. The molecule has 0 bridgehead atoms. The molecule has 35 heavy (non-hydrogen) atoms. The van der Waals surface area contributed by atoms with Gasteiger partial charge >= 0.3 is 0 Å². The van der Waals surface area contributed by atoms with Crippen LogP contribution < -0.4 is 19.7 Å². The lowest BCUT2D eigenvalue weighted by Crippen LogP contribution is -2.30. The Hall–Kier alpha value is -3.84. The van der Waals surface area contributed by atoms with E-state index in [1.165, 1.54) is 0 Å². The van der Waals surface area contributed by atoms with Gasteiger partial charge in [-0.25, -0.2) is 0 Å². The summed E-state index contributed by atoms with van der Waals surface area (Å²) in [6, 6.07) is 26.0. The second-order valence-corrected chi connectivity index (χ2v) is 9.05. The van der Waals surface area contributed by atoms with Crippen LogP contribution in [0.2, 0.25) is 0 Å². The van der Waals surface area contributed by atoms with E-state index in [0.29, 0.717) is 5.11 Å². The van der Waals surface area contributed by atoms with E-state index < -0.39 is 0 Å². The van der Waals surface area contributed by atoms with Crippen molar-refractivity contribution in [1.82, 2.24) is 14.9 Å². The number of methoxy groups -OCH3 is 1. The van der Waals surface area contributed by atoms with E-state index in [-0.39, 0.29) is 18.2 Å². The van der Waals surface area contributed by atoms with Crippen LogP contribution >= 0.6 is 12.2 Å². The predicted molar refractivity (Wildman–Crippen MR) is 142 cm³/mol. The Morgan fingerprint density at radius 3 is 2.46 bits per heavy atom. The molecule has 1 saturated heterocycles. The summed E-state index contributed by atoms with van der Waals surface area (Å²) in [6.45, 7) is 4.04. The summed E-state index contributed by atoms with van der Waals surface area (Å²) in [6.07, 6.45) is 4.00. The second kappa shape index (κ2) is 9.80. The normalized spacial score (nSPS) is 17.5. The molecule has 0 unspecified atom stereocenters. The Morgan fingerprint density at radius 1 is 0.914 bits per heavy atom. The lowest BCUT2D eigenvalue weighted by atomic mass is 10.0. The molecule has 0 amide bonds. The van der Waals surface area contributed by atoms with Crippen molar-refractivity contribution in [1.29, 1.82) is 0 Å². The largest absolute Gasteiger partial charge is 0.497 e. The molecule has 1 aliphatic rings. The van der Waals surface area contributed by atoms with E-state index in [1.54, 1.807) is 7.11 Å². The fourth-order valence-electron chi connectivity index (χ4n) is 4.52. The van der Waals surface area contributed by atoms with E-state index in [2.05, 4.69) is 56.3 Å². The molecule has 1 N–H and O–H groups in total. The molecular formula is C28H28N4O2S. The molecule has 5 rings (SSSR count). The molecule has 6 nitrogen and oxygen atoms in total. The van der Waals surface area contributed by atoms with Gasteiger partial charge in [-0.2, -0.15) is 0 Å². The molecule has 1 fully saturated rings. The highest BCUT2D eigenvalue weighted by molar-refractivity contribution is 7.80. The van der Waals surface area contributed by atoms with Crippen molar-refractivity contribution in [2.24, 2.45) is 0 Å². The highest BCUT2D eigenvalue weighted by atomic mass is 32.1. The molecule has 2 aromatic heterocycles. The Kier molecular flexibility index (Phi) is 6.42. The van der Waals surface area contributed by atoms with Crippen molar-refractivity contribution in [3.05, 3.63) is 103 Å². The van der Waals surface area contributed by atoms with Crippen molar-refractivity contribution in [3.8, 4) is 17.2 Å². The number of benzene rings is 2. The molecule has 2 atom stereocenters. The van der Waals surface area contributed by atoms with E-state index in [1.807, 2.05) is 68.6 Å². The molecule has 3 heterocycles. The van der Waals surface area contributed by atoms with Crippen LogP contribution in [0.3, 0.4) is 0 Å². The van der Waals surface area contributed by atoms with Crippen molar-refractivity contribution in [2.75, 3.05) is 12.0 Å². The average Bonchev–Trinajstić information content (AvgIpc) is 3.49. The minimum absolute atomic E-state index is 0.114. The van der Waals surface area contributed by atoms with Gasteiger partial charge in [-0.15, -0.1) is 0 Å². The van der Waals surface area contributed by atoms with Gasteiger partial charge in [-0.05, 0) is 86.7 Å². The lowest BCUT2D eigenvalue weighted by Gasteiger charge is -2.29. The molecule has 178 valence electrons. The van der Waals surface area contributed by atoms with Crippen LogP contribution in [0.25, 0.3) is 5.69 Å². The maximum absolute atomic E-state index is 5.88. The molecule has 0 saturated carbocycles. The molecule has 7 heteroatoms. The van der Waals surface area contributed by atoms with Crippen LogP contribution in [0.15, 0.2) is 91.3 Å². The lowest BCUT2D eigenvalue weighted by molar-refractivity contribution is 0.242. The first-order valence-electron chi connectivity index (χ1n) is 11.6. The number of thiocarbonyl (C=S) groups is 1. The maximum atomic E-state index is 5.88. The fourth-order valence-corrected chi connectivity index (χ4v) is 4.87. The van der Waals surface area contributed by atoms with Crippen LogP contribution in [-0.4, -0.2) is 27.9 Å². The van der Waals surface area contributed by atoms with Gasteiger partial charge in [0.05, 0.1) is 24.9 Å². The molecule has 0 spiro atoms. The van der Waals surface area contributed by atoms with E-state index >= 15 is 0 Å². The number of rotatable bonds is 7. The number of pyridine rings is 1. The van der Waals surface area contributed by atoms with Gasteiger partial charge in [-0.3, -0.25) is 4.98 Å². The van der Waals surface area contributed by atoms with Gasteiger partial charge in [0, 0.05) is 35.5 Å². The predicted octanol–water partition coefficient (Wildman–Crippen LogP) is 5.85. The quantitative estimate of drug-likeness (QED) is 0.332. The van der Waals surface area contributed by atoms with E-state index in [0.717, 1.165) is 34.3 Å². The summed E-state index contributed by atoms with van der Waals surface area (Å²) >= 11 is 5.88. The average molecular weight is 485 g/mol. The highest BCUT2D eigenvalue weighted by Gasteiger charge is 2.42. The highest BCUT2D eigenvalue weighted by Crippen LogP contribution is 2.42. The maximum Gasteiger partial charge on any atom is 0.174 e. The first-order chi connectivity index (χ1) is 17.0. The molecule has 2 aromatic carbocycles. The smallest absolute Gasteiger partial charge is 0.174 e. The number of ether oxygens (including phenoxy) is 2. The van der Waals surface area contributed by atoms with Crippen molar-refractivity contribution in [2.45, 2.75) is 32.0 Å². The molecule has 0 radical (unpaired) electrons. The Morgan fingerprint density at radius 2 is 1.74 bits per heavy atom. The number of aromatic nitrogens is 2. The monoisotopic (exact) mass is 484 g/mol. The van der Waals surface area contributed by atoms with E-state index in [9.17, 15) is 0 Å². The zero-order chi connectivity index (χ0) is 24.4. The summed E-state index contributed by atoms with van der Waals surface area (Å²) in [5, 5.41) is 4.18. The molecule has 0 aliphatic carbocycles. The SMILES string of the molecule is COc1cccc(-n2cccc2[C@@H]2[C@H](c3ccccn3)NC(=S)N2c2ccc(OC(C)C)cc2)c1. The van der Waals surface area contributed by atoms with Gasteiger partial charge in [0.25, 0.3) is 0 Å². The minimum Gasteiger partial charge on any atom is -0.497 e. The third kappa shape index (κ3) is 4.59. The Labute approximate surface area is 211 Å². The van der Waals surface area contributed by atoms with Crippen LogP contribution in [0, 0.1) is 0 Å². The molecule has 1 aliphatic heterocycles. The van der Waals surface area contributed by atoms with Crippen LogP contribution in [0.4, 0.5) is 5.69 Å². The summed E-state index contributed by atoms with van der Waals surface area (Å²) in [5.74, 6) is 1.64. The zero-order valence-electron chi connectivity index (χ0n) is 20.0. The van der Waals surface area contributed by atoms with Crippen molar-refractivity contribution in [3.63, 3.8) is 0 Å². The zero-order valence-corrected chi connectivity index (χ0v) is 20.8. The number of nitrogens with one attached hydrogen (secondary N) is 1. The first kappa shape index (κ1) is 22.9. The summed E-state index contributed by atoms with van der Waals surface area (Å²) < 4.78 is 13.5. The summed E-state index contributed by atoms with van der Waals surface area (Å²) in [5.41, 5.74) is 4.02. The van der Waals surface area contributed by atoms with Crippen LogP contribution in [0.1, 0.15) is 37.3 Å². The third-order valence-electron chi connectivity index (χ3n) is 6.00. The number of anilines is 1. The molecular weight excluding hydrogens is 456 g/mol. The van der Waals surface area contributed by atoms with Gasteiger partial charge in [-0.1, -0.05) is 12.1 Å². The van der Waals surface area contributed by atoms with E-state index in [4.69, 9.17) is 21.7 Å². The Balaban J connectivity index is 1.61. The van der Waals surface area contributed by atoms with Gasteiger partial charge in [0.1, 0.15) is 17.5 Å². The summed E-state index contributed by atoms with van der Waals surface area (Å²) in [7, 11) is 1.68. The Bertz CT molecular complexity index is 1300. The topological polar surface area (TPSA) is 51.5 Å². The first-order valence-corrected chi connectivity index (χ1v) is 12.0. The molecule has 4 aromatic rings. The number of hydrogen-bond acceptors (Lipinski definition) is 4. The standard InChI is InChI=1S/C28H28N4O2S/c1-19(2)34-22-14-12-20(13-15-22)32-27(26(30-28(32)35)24-10-4-5-16-29-24)25-11-7-17-31(25)21-8-6-9-23(18-21)33-3/h4-19,26-27H,1-3H3,(H,30,35)/t26-,27+/m0/s1. The van der Waals surface area contributed by atoms with Crippen molar-refractivity contribution < 1.29 is 9.47 Å². The van der Waals surface area contributed by atoms with Crippen molar-refractivity contribution >= 4 is 23.0 Å². The third-order valence-corrected chi connectivity index (χ3v) is 6.31. The van der Waals surface area contributed by atoms with Crippen LogP contribution in [0.5, 0.6) is 11.5 Å². The summed E-state index contributed by atoms with van der Waals surface area (Å²) in [4.78, 5) is 6.83. The van der Waals surface area contributed by atoms with Gasteiger partial charge in [0.15, 0.2) is 5.11 Å². The van der Waals surface area contributed by atoms with Crippen LogP contribution in [-0.2, 0) is 0 Å². The number of hydrogen-bond donors (Lipinski definition) is 1. The minimum atomic E-state index is -0.130. The van der Waals surface area contributed by atoms with Gasteiger partial charge in [0.2, 0.25) is 0 Å². The van der Waals surface area contributed by atoms with Gasteiger partial charge < -0.3 is 24.3 Å². The fraction of sp³-hybridized carbons (Fsp3) is 0.214.